The Balaban J connectivity index is 1.45. The van der Waals surface area contributed by atoms with Gasteiger partial charge in [0.05, 0.1) is 5.60 Å². The van der Waals surface area contributed by atoms with Crippen molar-refractivity contribution in [1.29, 1.82) is 0 Å². The molecule has 2 N–H and O–H groups in total. The molecule has 4 heteroatoms. The van der Waals surface area contributed by atoms with Crippen molar-refractivity contribution >= 4 is 11.6 Å². The van der Waals surface area contributed by atoms with E-state index in [9.17, 15) is 9.90 Å². The molecule has 1 aliphatic carbocycles. The Morgan fingerprint density at radius 3 is 2.43 bits per heavy atom. The summed E-state index contributed by atoms with van der Waals surface area (Å²) in [5.41, 5.74) is 0.383. The molecule has 2 fully saturated rings. The van der Waals surface area contributed by atoms with Crippen molar-refractivity contribution in [2.45, 2.75) is 50.5 Å². The number of nitrogens with one attached hydrogen (secondary N) is 1. The van der Waals surface area contributed by atoms with Crippen molar-refractivity contribution in [1.82, 2.24) is 4.90 Å². The average molecular weight is 316 g/mol. The van der Waals surface area contributed by atoms with Crippen molar-refractivity contribution < 1.29 is 9.90 Å². The van der Waals surface area contributed by atoms with Gasteiger partial charge in [0.2, 0.25) is 5.91 Å². The molecule has 1 saturated heterocycles. The molecular weight excluding hydrogens is 288 g/mol. The van der Waals surface area contributed by atoms with Gasteiger partial charge in [0, 0.05) is 18.2 Å². The SMILES string of the molecule is O=C(Nc1ccccc1)C1CCN(CC2(O)CCCCC2)CC1. The van der Waals surface area contributed by atoms with Crippen LogP contribution in [-0.4, -0.2) is 41.1 Å². The lowest BCUT2D eigenvalue weighted by Crippen LogP contribution is -2.48. The third-order valence-corrected chi connectivity index (χ3v) is 5.30. The molecule has 1 aromatic rings. The largest absolute Gasteiger partial charge is 0.389 e. The molecule has 4 nitrogen and oxygen atoms in total. The van der Waals surface area contributed by atoms with Gasteiger partial charge in [-0.1, -0.05) is 37.5 Å². The van der Waals surface area contributed by atoms with Crippen LogP contribution < -0.4 is 5.32 Å². The van der Waals surface area contributed by atoms with Gasteiger partial charge in [-0.25, -0.2) is 0 Å². The van der Waals surface area contributed by atoms with Crippen molar-refractivity contribution in [2.24, 2.45) is 5.92 Å². The molecule has 0 unspecified atom stereocenters. The van der Waals surface area contributed by atoms with Gasteiger partial charge in [0.15, 0.2) is 0 Å². The van der Waals surface area contributed by atoms with E-state index in [0.29, 0.717) is 0 Å². The van der Waals surface area contributed by atoms with Gasteiger partial charge >= 0.3 is 0 Å². The highest BCUT2D eigenvalue weighted by atomic mass is 16.3. The number of carbonyl (C=O) groups is 1. The molecule has 126 valence electrons. The summed E-state index contributed by atoms with van der Waals surface area (Å²) >= 11 is 0. The standard InChI is InChI=1S/C19H28N2O2/c22-18(20-17-7-3-1-4-8-17)16-9-13-21(14-10-16)15-19(23)11-5-2-6-12-19/h1,3-4,7-8,16,23H,2,5-6,9-15H2,(H,20,22). The zero-order chi connectivity index (χ0) is 16.1. The van der Waals surface area contributed by atoms with Gasteiger partial charge in [-0.15, -0.1) is 0 Å². The smallest absolute Gasteiger partial charge is 0.227 e. The van der Waals surface area contributed by atoms with Crippen LogP contribution in [0.5, 0.6) is 0 Å². The highest BCUT2D eigenvalue weighted by Crippen LogP contribution is 2.30. The first-order valence-corrected chi connectivity index (χ1v) is 8.95. The van der Waals surface area contributed by atoms with Crippen molar-refractivity contribution in [3.63, 3.8) is 0 Å². The summed E-state index contributed by atoms with van der Waals surface area (Å²) in [6.07, 6.45) is 7.18. The Bertz CT molecular complexity index is 503. The molecular formula is C19H28N2O2. The van der Waals surface area contributed by atoms with Crippen molar-refractivity contribution in [2.75, 3.05) is 25.0 Å². The first-order valence-electron chi connectivity index (χ1n) is 8.95. The number of para-hydroxylation sites is 1. The summed E-state index contributed by atoms with van der Waals surface area (Å²) in [5, 5.41) is 13.7. The molecule has 0 radical (unpaired) electrons. The Morgan fingerprint density at radius 1 is 1.13 bits per heavy atom. The van der Waals surface area contributed by atoms with E-state index in [-0.39, 0.29) is 11.8 Å². The van der Waals surface area contributed by atoms with Crippen LogP contribution >= 0.6 is 0 Å². The average Bonchev–Trinajstić information content (AvgIpc) is 2.57. The number of hydrogen-bond acceptors (Lipinski definition) is 3. The lowest BCUT2D eigenvalue weighted by atomic mass is 9.84. The number of rotatable bonds is 4. The highest BCUT2D eigenvalue weighted by Gasteiger charge is 2.33. The molecule has 0 aromatic heterocycles. The fourth-order valence-electron chi connectivity index (χ4n) is 3.90. The van der Waals surface area contributed by atoms with Crippen LogP contribution in [0.15, 0.2) is 30.3 Å². The third kappa shape index (κ3) is 4.55. The zero-order valence-corrected chi connectivity index (χ0v) is 13.8. The number of aliphatic hydroxyl groups is 1. The van der Waals surface area contributed by atoms with Crippen LogP contribution in [-0.2, 0) is 4.79 Å². The molecule has 1 heterocycles. The van der Waals surface area contributed by atoms with Crippen molar-refractivity contribution in [3.05, 3.63) is 30.3 Å². The van der Waals surface area contributed by atoms with Crippen LogP contribution in [0.3, 0.4) is 0 Å². The second kappa shape index (κ2) is 7.45. The number of likely N-dealkylation sites (tertiary alicyclic amines) is 1. The third-order valence-electron chi connectivity index (χ3n) is 5.30. The van der Waals surface area contributed by atoms with Gasteiger partial charge in [-0.2, -0.15) is 0 Å². The molecule has 1 amide bonds. The molecule has 0 atom stereocenters. The summed E-state index contributed by atoms with van der Waals surface area (Å²) in [6, 6.07) is 9.66. The van der Waals surface area contributed by atoms with Gasteiger partial charge < -0.3 is 15.3 Å². The molecule has 1 saturated carbocycles. The highest BCUT2D eigenvalue weighted by molar-refractivity contribution is 5.92. The monoisotopic (exact) mass is 316 g/mol. The molecule has 23 heavy (non-hydrogen) atoms. The van der Waals surface area contributed by atoms with Crippen LogP contribution in [0.2, 0.25) is 0 Å². The Labute approximate surface area is 138 Å². The number of nitrogens with zero attached hydrogens (tertiary/aromatic N) is 1. The summed E-state index contributed by atoms with van der Waals surface area (Å²) in [6.45, 7) is 2.60. The van der Waals surface area contributed by atoms with Gasteiger partial charge in [0.1, 0.15) is 0 Å². The summed E-state index contributed by atoms with van der Waals surface area (Å²) in [4.78, 5) is 14.7. The minimum absolute atomic E-state index is 0.0902. The van der Waals surface area contributed by atoms with E-state index in [0.717, 1.165) is 63.8 Å². The quantitative estimate of drug-likeness (QED) is 0.898. The predicted molar refractivity (Wildman–Crippen MR) is 92.3 cm³/mol. The molecule has 0 bridgehead atoms. The van der Waals surface area contributed by atoms with Crippen LogP contribution in [0.4, 0.5) is 5.69 Å². The number of benzene rings is 1. The van der Waals surface area contributed by atoms with E-state index in [4.69, 9.17) is 0 Å². The second-order valence-corrected chi connectivity index (χ2v) is 7.19. The second-order valence-electron chi connectivity index (χ2n) is 7.19. The maximum atomic E-state index is 12.3. The number of piperidine rings is 1. The maximum absolute atomic E-state index is 12.3. The zero-order valence-electron chi connectivity index (χ0n) is 13.8. The van der Waals surface area contributed by atoms with E-state index in [1.807, 2.05) is 30.3 Å². The molecule has 1 aromatic carbocycles. The van der Waals surface area contributed by atoms with Crippen LogP contribution in [0.25, 0.3) is 0 Å². The summed E-state index contributed by atoms with van der Waals surface area (Å²) in [7, 11) is 0. The predicted octanol–water partition coefficient (Wildman–Crippen LogP) is 3.03. The lowest BCUT2D eigenvalue weighted by molar-refractivity contribution is -0.121. The van der Waals surface area contributed by atoms with Gasteiger partial charge in [-0.05, 0) is 50.9 Å². The van der Waals surface area contributed by atoms with E-state index in [1.165, 1.54) is 6.42 Å². The normalized spacial score (nSPS) is 22.7. The minimum atomic E-state index is -0.489. The van der Waals surface area contributed by atoms with Crippen LogP contribution in [0, 0.1) is 5.92 Å². The number of carbonyl (C=O) groups excluding carboxylic acids is 1. The summed E-state index contributed by atoms with van der Waals surface area (Å²) in [5.74, 6) is 0.222. The molecule has 3 rings (SSSR count). The Hall–Kier alpha value is -1.39. The van der Waals surface area contributed by atoms with Crippen molar-refractivity contribution in [3.8, 4) is 0 Å². The van der Waals surface area contributed by atoms with E-state index < -0.39 is 5.60 Å². The number of anilines is 1. The van der Waals surface area contributed by atoms with E-state index in [2.05, 4.69) is 10.2 Å². The van der Waals surface area contributed by atoms with Gasteiger partial charge in [-0.3, -0.25) is 4.79 Å². The first kappa shape index (κ1) is 16.5. The van der Waals surface area contributed by atoms with E-state index >= 15 is 0 Å². The molecule has 2 aliphatic rings. The maximum Gasteiger partial charge on any atom is 0.227 e. The fraction of sp³-hybridized carbons (Fsp3) is 0.632. The first-order chi connectivity index (χ1) is 11.1. The summed E-state index contributed by atoms with van der Waals surface area (Å²) < 4.78 is 0. The topological polar surface area (TPSA) is 52.6 Å². The fourth-order valence-corrected chi connectivity index (χ4v) is 3.90. The Morgan fingerprint density at radius 2 is 1.78 bits per heavy atom. The van der Waals surface area contributed by atoms with E-state index in [1.54, 1.807) is 0 Å². The molecule has 0 spiro atoms. The van der Waals surface area contributed by atoms with Crippen LogP contribution in [0.1, 0.15) is 44.9 Å². The number of hydrogen-bond donors (Lipinski definition) is 2. The lowest BCUT2D eigenvalue weighted by Gasteiger charge is -2.39. The number of amides is 1. The number of β-amino-alcohol motifs (C(OH)–C–C–N with tert-alkyl or cyclic N) is 1. The minimum Gasteiger partial charge on any atom is -0.389 e. The van der Waals surface area contributed by atoms with Gasteiger partial charge in [0.25, 0.3) is 0 Å². The Kier molecular flexibility index (Phi) is 5.34. The molecule has 1 aliphatic heterocycles.